The van der Waals surface area contributed by atoms with E-state index < -0.39 is 5.97 Å². The van der Waals surface area contributed by atoms with Gasteiger partial charge in [0.25, 0.3) is 0 Å². The highest BCUT2D eigenvalue weighted by Crippen LogP contribution is 1.82. The van der Waals surface area contributed by atoms with Crippen molar-refractivity contribution >= 4 is 11.9 Å². The first-order chi connectivity index (χ1) is 5.66. The average Bonchev–Trinajstić information content (AvgIpc) is 2.00. The van der Waals surface area contributed by atoms with Crippen molar-refractivity contribution in [2.75, 3.05) is 6.54 Å². The zero-order valence-corrected chi connectivity index (χ0v) is 6.41. The van der Waals surface area contributed by atoms with Crippen LogP contribution in [0.15, 0.2) is 12.2 Å². The Labute approximate surface area is 70.3 Å². The maximum Gasteiger partial charge on any atom is 0.327 e. The van der Waals surface area contributed by atoms with Crippen molar-refractivity contribution in [3.8, 4) is 12.3 Å². The molecule has 0 heterocycles. The number of carbonyl (C=O) groups is 2. The number of carboxylic acid groups (broad SMARTS) is 1. The maximum atomic E-state index is 10.7. The molecule has 0 aliphatic heterocycles. The van der Waals surface area contributed by atoms with Crippen LogP contribution in [-0.4, -0.2) is 23.5 Å². The second kappa shape index (κ2) is 5.98. The molecule has 0 aromatic rings. The molecule has 0 atom stereocenters. The number of hydrogen-bond acceptors (Lipinski definition) is 2. The van der Waals surface area contributed by atoms with E-state index in [0.29, 0.717) is 0 Å². The van der Waals surface area contributed by atoms with E-state index in [1.165, 1.54) is 6.08 Å². The zero-order chi connectivity index (χ0) is 9.40. The van der Waals surface area contributed by atoms with Crippen LogP contribution in [-0.2, 0) is 9.59 Å². The third-order valence-corrected chi connectivity index (χ3v) is 0.951. The van der Waals surface area contributed by atoms with Gasteiger partial charge >= 0.3 is 5.97 Å². The molecule has 0 fully saturated rings. The van der Waals surface area contributed by atoms with Crippen molar-refractivity contribution in [1.82, 2.24) is 5.32 Å². The Bertz CT molecular complexity index is 237. The fourth-order valence-electron chi connectivity index (χ4n) is 0.489. The lowest BCUT2D eigenvalue weighted by Crippen LogP contribution is -2.22. The molecule has 0 unspecified atom stereocenters. The maximum absolute atomic E-state index is 10.7. The van der Waals surface area contributed by atoms with Gasteiger partial charge in [0.05, 0.1) is 6.54 Å². The van der Waals surface area contributed by atoms with Crippen LogP contribution in [0, 0.1) is 12.3 Å². The predicted octanol–water partition coefficient (Wildman–Crippen LogP) is -0.233. The highest BCUT2D eigenvalue weighted by atomic mass is 16.4. The highest BCUT2D eigenvalue weighted by molar-refractivity contribution is 5.82. The van der Waals surface area contributed by atoms with E-state index in [9.17, 15) is 9.59 Å². The van der Waals surface area contributed by atoms with E-state index in [0.717, 1.165) is 6.08 Å². The van der Waals surface area contributed by atoms with E-state index in [2.05, 4.69) is 11.2 Å². The van der Waals surface area contributed by atoms with Gasteiger partial charge in [-0.25, -0.2) is 4.79 Å². The van der Waals surface area contributed by atoms with Crippen LogP contribution < -0.4 is 5.32 Å². The van der Waals surface area contributed by atoms with Crippen LogP contribution in [0.25, 0.3) is 0 Å². The van der Waals surface area contributed by atoms with Crippen LogP contribution in [0.4, 0.5) is 0 Å². The molecule has 4 heteroatoms. The number of rotatable bonds is 4. The van der Waals surface area contributed by atoms with Gasteiger partial charge in [-0.05, 0) is 0 Å². The van der Waals surface area contributed by atoms with E-state index in [-0.39, 0.29) is 18.9 Å². The smallest absolute Gasteiger partial charge is 0.327 e. The second-order valence-corrected chi connectivity index (χ2v) is 1.93. The van der Waals surface area contributed by atoms with Crippen molar-refractivity contribution < 1.29 is 14.7 Å². The molecule has 0 aromatic heterocycles. The Kier molecular flexibility index (Phi) is 5.11. The Morgan fingerprint density at radius 1 is 1.58 bits per heavy atom. The number of hydrogen-bond donors (Lipinski definition) is 2. The third kappa shape index (κ3) is 6.36. The summed E-state index contributed by atoms with van der Waals surface area (Å²) in [4.78, 5) is 20.7. The zero-order valence-electron chi connectivity index (χ0n) is 6.41. The molecule has 0 saturated carbocycles. The molecule has 0 saturated heterocycles. The van der Waals surface area contributed by atoms with Crippen molar-refractivity contribution in [3.05, 3.63) is 12.2 Å². The Morgan fingerprint density at radius 2 is 2.25 bits per heavy atom. The quantitative estimate of drug-likeness (QED) is 0.449. The number of carboxylic acids is 1. The topological polar surface area (TPSA) is 66.4 Å². The SMILES string of the molecule is C#CCNC(=O)C/C=C/C(=O)O. The molecule has 0 aromatic carbocycles. The molecule has 0 aliphatic carbocycles. The van der Waals surface area contributed by atoms with Gasteiger partial charge in [-0.1, -0.05) is 12.0 Å². The highest BCUT2D eigenvalue weighted by Gasteiger charge is 1.94. The van der Waals surface area contributed by atoms with Gasteiger partial charge < -0.3 is 10.4 Å². The van der Waals surface area contributed by atoms with Crippen LogP contribution in [0.1, 0.15) is 6.42 Å². The summed E-state index contributed by atoms with van der Waals surface area (Å²) >= 11 is 0. The third-order valence-electron chi connectivity index (χ3n) is 0.951. The lowest BCUT2D eigenvalue weighted by molar-refractivity contribution is -0.131. The van der Waals surface area contributed by atoms with Crippen LogP contribution in [0.3, 0.4) is 0 Å². The van der Waals surface area contributed by atoms with Gasteiger partial charge in [-0.2, -0.15) is 0 Å². The Balaban J connectivity index is 3.58. The van der Waals surface area contributed by atoms with E-state index in [1.807, 2.05) is 0 Å². The summed E-state index contributed by atoms with van der Waals surface area (Å²) in [5.41, 5.74) is 0. The van der Waals surface area contributed by atoms with Gasteiger partial charge in [0, 0.05) is 12.5 Å². The molecule has 0 spiro atoms. The van der Waals surface area contributed by atoms with E-state index >= 15 is 0 Å². The largest absolute Gasteiger partial charge is 0.478 e. The summed E-state index contributed by atoms with van der Waals surface area (Å²) in [6.07, 6.45) is 7.08. The van der Waals surface area contributed by atoms with Crippen LogP contribution in [0.5, 0.6) is 0 Å². The first kappa shape index (κ1) is 10.2. The predicted molar refractivity (Wildman–Crippen MR) is 43.2 cm³/mol. The second-order valence-electron chi connectivity index (χ2n) is 1.93. The molecule has 64 valence electrons. The summed E-state index contributed by atoms with van der Waals surface area (Å²) in [5.74, 6) is 0.869. The minimum absolute atomic E-state index is 0.0357. The molecule has 0 radical (unpaired) electrons. The molecule has 4 nitrogen and oxygen atoms in total. The molecule has 1 amide bonds. The summed E-state index contributed by atoms with van der Waals surface area (Å²) in [6.45, 7) is 0.166. The number of carbonyl (C=O) groups excluding carboxylic acids is 1. The summed E-state index contributed by atoms with van der Waals surface area (Å²) in [7, 11) is 0. The fourth-order valence-corrected chi connectivity index (χ4v) is 0.489. The van der Waals surface area contributed by atoms with E-state index in [1.54, 1.807) is 0 Å². The number of aliphatic carboxylic acids is 1. The van der Waals surface area contributed by atoms with Gasteiger partial charge in [-0.3, -0.25) is 4.79 Å². The van der Waals surface area contributed by atoms with Crippen LogP contribution in [0.2, 0.25) is 0 Å². The lowest BCUT2D eigenvalue weighted by Gasteiger charge is -1.95. The van der Waals surface area contributed by atoms with Gasteiger partial charge in [0.15, 0.2) is 0 Å². The Morgan fingerprint density at radius 3 is 2.75 bits per heavy atom. The summed E-state index contributed by atoms with van der Waals surface area (Å²) < 4.78 is 0. The van der Waals surface area contributed by atoms with Crippen molar-refractivity contribution in [1.29, 1.82) is 0 Å². The van der Waals surface area contributed by atoms with Gasteiger partial charge in [0.2, 0.25) is 5.91 Å². The standard InChI is InChI=1S/C8H9NO3/c1-2-6-9-7(10)4-3-5-8(11)12/h1,3,5H,4,6H2,(H,9,10)(H,11,12)/b5-3+. The number of nitrogens with one attached hydrogen (secondary N) is 1. The van der Waals surface area contributed by atoms with Gasteiger partial charge in [-0.15, -0.1) is 6.42 Å². The van der Waals surface area contributed by atoms with Crippen molar-refractivity contribution in [2.45, 2.75) is 6.42 Å². The molecular weight excluding hydrogens is 158 g/mol. The molecular formula is C8H9NO3. The average molecular weight is 167 g/mol. The molecule has 0 rings (SSSR count). The molecule has 0 aliphatic rings. The van der Waals surface area contributed by atoms with E-state index in [4.69, 9.17) is 11.5 Å². The summed E-state index contributed by atoms with van der Waals surface area (Å²) in [6, 6.07) is 0. The number of terminal acetylenes is 1. The fraction of sp³-hybridized carbons (Fsp3) is 0.250. The first-order valence-corrected chi connectivity index (χ1v) is 3.26. The van der Waals surface area contributed by atoms with Crippen LogP contribution >= 0.6 is 0 Å². The normalized spacial score (nSPS) is 9.25. The molecule has 0 bridgehead atoms. The molecule has 12 heavy (non-hydrogen) atoms. The lowest BCUT2D eigenvalue weighted by atomic mass is 10.3. The minimum atomic E-state index is -1.07. The molecule has 2 N–H and O–H groups in total. The van der Waals surface area contributed by atoms with Gasteiger partial charge in [0.1, 0.15) is 0 Å². The van der Waals surface area contributed by atoms with Crippen molar-refractivity contribution in [2.24, 2.45) is 0 Å². The monoisotopic (exact) mass is 167 g/mol. The first-order valence-electron chi connectivity index (χ1n) is 3.26. The van der Waals surface area contributed by atoms with Crippen molar-refractivity contribution in [3.63, 3.8) is 0 Å². The Hall–Kier alpha value is -1.76. The summed E-state index contributed by atoms with van der Waals surface area (Å²) in [5, 5.41) is 10.5. The number of amides is 1. The minimum Gasteiger partial charge on any atom is -0.478 e.